The lowest BCUT2D eigenvalue weighted by molar-refractivity contribution is 0.705. The third kappa shape index (κ3) is 5.26. The van der Waals surface area contributed by atoms with Crippen LogP contribution in [0.4, 0.5) is 11.4 Å². The van der Waals surface area contributed by atoms with Crippen LogP contribution in [0, 0.1) is 6.92 Å². The predicted molar refractivity (Wildman–Crippen MR) is 140 cm³/mol. The molecule has 1 aromatic carbocycles. The van der Waals surface area contributed by atoms with E-state index in [0.29, 0.717) is 5.82 Å². The first-order valence-electron chi connectivity index (χ1n) is 12.7. The van der Waals surface area contributed by atoms with Crippen molar-refractivity contribution in [3.05, 3.63) is 51.2 Å². The molecule has 1 aromatic heterocycles. The van der Waals surface area contributed by atoms with Crippen molar-refractivity contribution in [2.24, 2.45) is 10.1 Å². The molecule has 0 saturated heterocycles. The van der Waals surface area contributed by atoms with Crippen molar-refractivity contribution in [2.45, 2.75) is 86.5 Å². The minimum atomic E-state index is -0.0238. The summed E-state index contributed by atoms with van der Waals surface area (Å²) in [5, 5.41) is 4.71. The molecule has 1 aliphatic heterocycles. The van der Waals surface area contributed by atoms with E-state index in [9.17, 15) is 4.79 Å². The van der Waals surface area contributed by atoms with Crippen molar-refractivity contribution in [1.29, 1.82) is 0 Å². The van der Waals surface area contributed by atoms with E-state index in [1.54, 1.807) is 0 Å². The van der Waals surface area contributed by atoms with Crippen LogP contribution >= 0.6 is 0 Å². The molecule has 2 heterocycles. The van der Waals surface area contributed by atoms with Crippen LogP contribution in [-0.4, -0.2) is 34.2 Å². The Balaban J connectivity index is 2.13. The van der Waals surface area contributed by atoms with Crippen LogP contribution in [0.15, 0.2) is 33.1 Å². The number of nitrogens with zero attached hydrogens (tertiary/aromatic N) is 5. The normalized spacial score (nSPS) is 14.0. The second-order valence-corrected chi connectivity index (χ2v) is 8.73. The summed E-state index contributed by atoms with van der Waals surface area (Å²) in [4.78, 5) is 25.8. The zero-order valence-electron chi connectivity index (χ0n) is 21.2. The Morgan fingerprint density at radius 1 is 0.970 bits per heavy atom. The van der Waals surface area contributed by atoms with E-state index in [0.717, 1.165) is 92.0 Å². The molecule has 3 rings (SSSR count). The summed E-state index contributed by atoms with van der Waals surface area (Å²) in [5.41, 5.74) is 6.52. The maximum Gasteiger partial charge on any atom is 0.277 e. The number of hydrogen-bond acceptors (Lipinski definition) is 5. The van der Waals surface area contributed by atoms with Crippen LogP contribution in [-0.2, 0) is 12.8 Å². The van der Waals surface area contributed by atoms with Gasteiger partial charge in [0.2, 0.25) is 0 Å². The zero-order chi connectivity index (χ0) is 24.0. The molecule has 0 saturated carbocycles. The summed E-state index contributed by atoms with van der Waals surface area (Å²) < 4.78 is 1.51. The summed E-state index contributed by atoms with van der Waals surface area (Å²) in [6, 6.07) is 6.39. The van der Waals surface area contributed by atoms with Crippen LogP contribution < -0.4 is 10.5 Å². The van der Waals surface area contributed by atoms with Gasteiger partial charge in [0.1, 0.15) is 5.71 Å². The molecule has 0 amide bonds. The number of aliphatic imine (C=N–C) groups is 1. The van der Waals surface area contributed by atoms with Gasteiger partial charge in [-0.3, -0.25) is 4.79 Å². The predicted octanol–water partition coefficient (Wildman–Crippen LogP) is 5.83. The van der Waals surface area contributed by atoms with E-state index in [1.165, 1.54) is 10.4 Å². The highest BCUT2D eigenvalue weighted by Gasteiger charge is 2.28. The van der Waals surface area contributed by atoms with Gasteiger partial charge in [-0.05, 0) is 70.2 Å². The monoisotopic (exact) mass is 449 g/mol. The van der Waals surface area contributed by atoms with E-state index in [4.69, 9.17) is 15.1 Å². The van der Waals surface area contributed by atoms with E-state index in [-0.39, 0.29) is 5.56 Å². The fourth-order valence-electron chi connectivity index (χ4n) is 4.37. The van der Waals surface area contributed by atoms with Crippen LogP contribution in [0.1, 0.15) is 89.4 Å². The van der Waals surface area contributed by atoms with Gasteiger partial charge in [-0.2, -0.15) is 9.78 Å². The highest BCUT2D eigenvalue weighted by molar-refractivity contribution is 6.49. The number of unbranched alkanes of at least 4 members (excludes halogenated alkanes) is 1. The first-order valence-corrected chi connectivity index (χ1v) is 12.7. The molecule has 1 aliphatic rings. The third-order valence-electron chi connectivity index (χ3n) is 6.24. The lowest BCUT2D eigenvalue weighted by Gasteiger charge is -2.21. The van der Waals surface area contributed by atoms with Gasteiger partial charge < -0.3 is 4.90 Å². The molecule has 0 spiro atoms. The van der Waals surface area contributed by atoms with Crippen molar-refractivity contribution in [3.8, 4) is 0 Å². The Bertz CT molecular complexity index is 1090. The van der Waals surface area contributed by atoms with Gasteiger partial charge in [-0.25, -0.2) is 9.98 Å². The number of aromatic nitrogens is 2. The Morgan fingerprint density at radius 2 is 1.70 bits per heavy atom. The number of benzene rings is 1. The first-order chi connectivity index (χ1) is 16.0. The third-order valence-corrected chi connectivity index (χ3v) is 6.24. The fraction of sp³-hybridized carbons (Fsp3) is 0.556. The molecule has 2 aromatic rings. The molecule has 178 valence electrons. The Kier molecular flexibility index (Phi) is 8.59. The van der Waals surface area contributed by atoms with Crippen LogP contribution in [0.5, 0.6) is 0 Å². The minimum absolute atomic E-state index is 0.0238. The molecule has 33 heavy (non-hydrogen) atoms. The topological polar surface area (TPSA) is 62.9 Å². The lowest BCUT2D eigenvalue weighted by atomic mass is 10.0. The van der Waals surface area contributed by atoms with Gasteiger partial charge in [0, 0.05) is 24.3 Å². The summed E-state index contributed by atoms with van der Waals surface area (Å²) >= 11 is 0. The quantitative estimate of drug-likeness (QED) is 0.433. The Labute approximate surface area is 198 Å². The van der Waals surface area contributed by atoms with E-state index >= 15 is 0 Å². The Morgan fingerprint density at radius 3 is 2.30 bits per heavy atom. The van der Waals surface area contributed by atoms with Crippen LogP contribution in [0.25, 0.3) is 0 Å². The SMILES string of the molecule is CCCCc1c(CCC)nc2n(c1=O)N=C(CCC)C2=Nc1ccc(N(CC)CC)cc1C. The molecule has 0 radical (unpaired) electrons. The molecule has 0 atom stereocenters. The van der Waals surface area contributed by atoms with Gasteiger partial charge in [0.15, 0.2) is 5.82 Å². The molecular formula is C27H39N5O. The van der Waals surface area contributed by atoms with Gasteiger partial charge in [-0.15, -0.1) is 0 Å². The van der Waals surface area contributed by atoms with E-state index in [2.05, 4.69) is 64.6 Å². The van der Waals surface area contributed by atoms with Gasteiger partial charge in [0.05, 0.1) is 17.1 Å². The first kappa shape index (κ1) is 24.9. The second kappa shape index (κ2) is 11.4. The Hall–Kier alpha value is -2.76. The largest absolute Gasteiger partial charge is 0.372 e. The minimum Gasteiger partial charge on any atom is -0.372 e. The molecule has 6 nitrogen and oxygen atoms in total. The number of aryl methyl sites for hydroxylation is 2. The number of hydrogen-bond donors (Lipinski definition) is 0. The summed E-state index contributed by atoms with van der Waals surface area (Å²) in [6.07, 6.45) is 6.25. The van der Waals surface area contributed by atoms with Crippen molar-refractivity contribution in [2.75, 3.05) is 18.0 Å². The maximum absolute atomic E-state index is 13.4. The molecule has 0 N–H and O–H groups in total. The number of rotatable bonds is 11. The average molecular weight is 450 g/mol. The summed E-state index contributed by atoms with van der Waals surface area (Å²) in [7, 11) is 0. The molecule has 0 aliphatic carbocycles. The second-order valence-electron chi connectivity index (χ2n) is 8.73. The number of anilines is 1. The van der Waals surface area contributed by atoms with Crippen LogP contribution in [0.3, 0.4) is 0 Å². The van der Waals surface area contributed by atoms with Gasteiger partial charge in [-0.1, -0.05) is 40.0 Å². The summed E-state index contributed by atoms with van der Waals surface area (Å²) in [5.74, 6) is 0.597. The fourth-order valence-corrected chi connectivity index (χ4v) is 4.37. The van der Waals surface area contributed by atoms with Crippen molar-refractivity contribution in [1.82, 2.24) is 9.66 Å². The highest BCUT2D eigenvalue weighted by Crippen LogP contribution is 2.27. The standard InChI is InChI=1S/C27H39N5O/c1-7-12-15-21-23(13-8-2)29-26-25(24(14-9-3)30-32(26)27(21)33)28-22-17-16-20(18-19(22)6)31(10-4)11-5/h16-18H,7-15H2,1-6H3. The van der Waals surface area contributed by atoms with Crippen molar-refractivity contribution >= 4 is 22.8 Å². The molecule has 0 bridgehead atoms. The lowest BCUT2D eigenvalue weighted by Crippen LogP contribution is -2.27. The van der Waals surface area contributed by atoms with Crippen molar-refractivity contribution < 1.29 is 0 Å². The van der Waals surface area contributed by atoms with Gasteiger partial charge in [0.25, 0.3) is 5.56 Å². The van der Waals surface area contributed by atoms with E-state index in [1.807, 2.05) is 0 Å². The average Bonchev–Trinajstić information content (AvgIpc) is 3.14. The number of fused-ring (bicyclic) bond motifs is 1. The van der Waals surface area contributed by atoms with E-state index < -0.39 is 0 Å². The molecule has 0 fully saturated rings. The van der Waals surface area contributed by atoms with Crippen LogP contribution in [0.2, 0.25) is 0 Å². The molecular weight excluding hydrogens is 410 g/mol. The summed E-state index contributed by atoms with van der Waals surface area (Å²) in [6.45, 7) is 14.8. The maximum atomic E-state index is 13.4. The molecule has 0 unspecified atom stereocenters. The highest BCUT2D eigenvalue weighted by atomic mass is 16.1. The smallest absolute Gasteiger partial charge is 0.277 e. The van der Waals surface area contributed by atoms with Gasteiger partial charge >= 0.3 is 0 Å². The van der Waals surface area contributed by atoms with Crippen molar-refractivity contribution in [3.63, 3.8) is 0 Å². The molecule has 6 heteroatoms. The zero-order valence-corrected chi connectivity index (χ0v) is 21.2.